The van der Waals surface area contributed by atoms with Gasteiger partial charge in [-0.1, -0.05) is 36.4 Å². The minimum absolute atomic E-state index is 0.0984. The molecule has 0 spiro atoms. The largest absolute Gasteiger partial charge is 0.481 e. The van der Waals surface area contributed by atoms with Gasteiger partial charge in [-0.2, -0.15) is 0 Å². The number of carbonyl (C=O) groups is 3. The number of ketones is 1. The molecule has 0 heterocycles. The van der Waals surface area contributed by atoms with Gasteiger partial charge in [0.25, 0.3) is 0 Å². The molecule has 5 heteroatoms. The minimum Gasteiger partial charge on any atom is -0.481 e. The van der Waals surface area contributed by atoms with Gasteiger partial charge in [0.2, 0.25) is 0 Å². The molecule has 0 fully saturated rings. The van der Waals surface area contributed by atoms with Crippen molar-refractivity contribution in [2.45, 2.75) is 19.8 Å². The van der Waals surface area contributed by atoms with Crippen LogP contribution in [0.5, 0.6) is 0 Å². The smallest absolute Gasteiger partial charge is 0.332 e. The summed E-state index contributed by atoms with van der Waals surface area (Å²) in [6.07, 6.45) is 0.994. The predicted molar refractivity (Wildman–Crippen MR) is 72.3 cm³/mol. The van der Waals surface area contributed by atoms with Crippen molar-refractivity contribution in [1.29, 1.82) is 0 Å². The molecule has 0 aliphatic rings. The van der Waals surface area contributed by atoms with Gasteiger partial charge in [0.15, 0.2) is 0 Å². The number of hydrogen-bond acceptors (Lipinski definition) is 3. The molecule has 0 amide bonds. The highest BCUT2D eigenvalue weighted by molar-refractivity contribution is 5.96. The third-order valence-electron chi connectivity index (χ3n) is 2.91. The molecule has 1 rings (SSSR count). The summed E-state index contributed by atoms with van der Waals surface area (Å²) < 4.78 is 0. The lowest BCUT2D eigenvalue weighted by Crippen LogP contribution is -2.24. The van der Waals surface area contributed by atoms with Crippen LogP contribution in [0, 0.1) is 5.92 Å². The van der Waals surface area contributed by atoms with Crippen molar-refractivity contribution in [3.8, 4) is 0 Å². The van der Waals surface area contributed by atoms with Gasteiger partial charge >= 0.3 is 11.9 Å². The zero-order valence-electron chi connectivity index (χ0n) is 11.1. The molecule has 20 heavy (non-hydrogen) atoms. The summed E-state index contributed by atoms with van der Waals surface area (Å²) >= 11 is 0. The first-order valence-corrected chi connectivity index (χ1v) is 6.13. The van der Waals surface area contributed by atoms with E-state index in [4.69, 9.17) is 10.2 Å². The number of hydrogen-bond donors (Lipinski definition) is 2. The van der Waals surface area contributed by atoms with Crippen molar-refractivity contribution in [2.75, 3.05) is 0 Å². The second kappa shape index (κ2) is 7.23. The molecule has 0 saturated carbocycles. The Labute approximate surface area is 116 Å². The van der Waals surface area contributed by atoms with Gasteiger partial charge in [-0.15, -0.1) is 0 Å². The monoisotopic (exact) mass is 276 g/mol. The second-order valence-electron chi connectivity index (χ2n) is 4.35. The van der Waals surface area contributed by atoms with E-state index >= 15 is 0 Å². The van der Waals surface area contributed by atoms with Gasteiger partial charge in [-0.05, 0) is 12.5 Å². The van der Waals surface area contributed by atoms with Crippen molar-refractivity contribution >= 4 is 17.7 Å². The van der Waals surface area contributed by atoms with Gasteiger partial charge < -0.3 is 10.2 Å². The highest BCUT2D eigenvalue weighted by Crippen LogP contribution is 2.18. The van der Waals surface area contributed by atoms with Crippen LogP contribution >= 0.6 is 0 Å². The van der Waals surface area contributed by atoms with Crippen LogP contribution in [0.15, 0.2) is 42.0 Å². The van der Waals surface area contributed by atoms with Crippen LogP contribution in [0.2, 0.25) is 0 Å². The van der Waals surface area contributed by atoms with Crippen molar-refractivity contribution in [3.05, 3.63) is 47.5 Å². The Hall–Kier alpha value is -2.43. The number of carboxylic acids is 2. The molecule has 1 unspecified atom stereocenters. The number of allylic oxidation sites excluding steroid dienone is 1. The van der Waals surface area contributed by atoms with E-state index in [9.17, 15) is 14.4 Å². The highest BCUT2D eigenvalue weighted by atomic mass is 16.4. The summed E-state index contributed by atoms with van der Waals surface area (Å²) in [6.45, 7) is 1.45. The normalized spacial score (nSPS) is 12.8. The Balaban J connectivity index is 2.79. The molecule has 106 valence electrons. The summed E-state index contributed by atoms with van der Waals surface area (Å²) in [4.78, 5) is 34.0. The quantitative estimate of drug-likeness (QED) is 0.742. The Morgan fingerprint density at radius 3 is 2.20 bits per heavy atom. The fourth-order valence-electron chi connectivity index (χ4n) is 1.93. The fourth-order valence-corrected chi connectivity index (χ4v) is 1.93. The molecule has 2 N–H and O–H groups in total. The number of benzene rings is 1. The fraction of sp³-hybridized carbons (Fsp3) is 0.267. The van der Waals surface area contributed by atoms with E-state index in [-0.39, 0.29) is 24.2 Å². The molecule has 1 atom stereocenters. The van der Waals surface area contributed by atoms with Gasteiger partial charge in [0.05, 0.1) is 5.92 Å². The molecule has 1 aromatic rings. The van der Waals surface area contributed by atoms with E-state index in [2.05, 4.69) is 0 Å². The molecule has 5 nitrogen and oxygen atoms in total. The third kappa shape index (κ3) is 4.35. The zero-order chi connectivity index (χ0) is 15.1. The lowest BCUT2D eigenvalue weighted by atomic mass is 9.91. The molecule has 0 radical (unpaired) electrons. The van der Waals surface area contributed by atoms with E-state index < -0.39 is 17.9 Å². The average Bonchev–Trinajstić information content (AvgIpc) is 2.39. The summed E-state index contributed by atoms with van der Waals surface area (Å²) in [7, 11) is 0. The Morgan fingerprint density at radius 1 is 1.15 bits per heavy atom. The van der Waals surface area contributed by atoms with Crippen molar-refractivity contribution in [1.82, 2.24) is 0 Å². The van der Waals surface area contributed by atoms with Crippen LogP contribution in [-0.4, -0.2) is 27.9 Å². The first-order valence-electron chi connectivity index (χ1n) is 6.13. The molecule has 0 aliphatic heterocycles. The molecule has 0 aromatic heterocycles. The van der Waals surface area contributed by atoms with Crippen LogP contribution in [0.3, 0.4) is 0 Å². The number of rotatable bonds is 7. The van der Waals surface area contributed by atoms with Crippen molar-refractivity contribution < 1.29 is 24.6 Å². The zero-order valence-corrected chi connectivity index (χ0v) is 11.1. The maximum Gasteiger partial charge on any atom is 0.332 e. The van der Waals surface area contributed by atoms with E-state index in [1.54, 1.807) is 24.3 Å². The molecule has 0 aliphatic carbocycles. The van der Waals surface area contributed by atoms with Crippen LogP contribution in [0.4, 0.5) is 0 Å². The summed E-state index contributed by atoms with van der Waals surface area (Å²) in [5.74, 6) is -4.23. The Kier molecular flexibility index (Phi) is 5.65. The Morgan fingerprint density at radius 2 is 1.75 bits per heavy atom. The van der Waals surface area contributed by atoms with Crippen molar-refractivity contribution in [2.24, 2.45) is 5.92 Å². The van der Waals surface area contributed by atoms with E-state index in [1.165, 1.54) is 13.0 Å². The maximum absolute atomic E-state index is 11.9. The van der Waals surface area contributed by atoms with Crippen LogP contribution in [-0.2, 0) is 20.8 Å². The highest BCUT2D eigenvalue weighted by Gasteiger charge is 2.28. The lowest BCUT2D eigenvalue weighted by Gasteiger charge is -2.12. The van der Waals surface area contributed by atoms with Gasteiger partial charge in [0.1, 0.15) is 5.78 Å². The van der Waals surface area contributed by atoms with Crippen molar-refractivity contribution in [3.63, 3.8) is 0 Å². The SMILES string of the molecule is CC=C(C(=O)O)C(CC(=O)Cc1ccccc1)C(=O)O. The lowest BCUT2D eigenvalue weighted by molar-refractivity contribution is -0.145. The number of aliphatic carboxylic acids is 2. The minimum atomic E-state index is -1.31. The Bertz CT molecular complexity index is 530. The van der Waals surface area contributed by atoms with Gasteiger partial charge in [-0.3, -0.25) is 9.59 Å². The number of Topliss-reactive ketones (excluding diaryl/α,β-unsaturated/α-hetero) is 1. The van der Waals surface area contributed by atoms with Crippen LogP contribution < -0.4 is 0 Å². The van der Waals surface area contributed by atoms with E-state index in [0.29, 0.717) is 0 Å². The van der Waals surface area contributed by atoms with E-state index in [1.807, 2.05) is 6.07 Å². The summed E-state index contributed by atoms with van der Waals surface area (Å²) in [6, 6.07) is 8.91. The predicted octanol–water partition coefficient (Wildman–Crippen LogP) is 1.92. The van der Waals surface area contributed by atoms with Gasteiger partial charge in [0, 0.05) is 18.4 Å². The topological polar surface area (TPSA) is 91.7 Å². The average molecular weight is 276 g/mol. The first kappa shape index (κ1) is 15.6. The van der Waals surface area contributed by atoms with Gasteiger partial charge in [-0.25, -0.2) is 4.79 Å². The molecular weight excluding hydrogens is 260 g/mol. The maximum atomic E-state index is 11.9. The van der Waals surface area contributed by atoms with E-state index in [0.717, 1.165) is 5.56 Å². The summed E-state index contributed by atoms with van der Waals surface area (Å²) in [5, 5.41) is 18.0. The van der Waals surface area contributed by atoms with Crippen LogP contribution in [0.25, 0.3) is 0 Å². The second-order valence-corrected chi connectivity index (χ2v) is 4.35. The number of carboxylic acid groups (broad SMARTS) is 2. The van der Waals surface area contributed by atoms with Crippen LogP contribution in [0.1, 0.15) is 18.9 Å². The summed E-state index contributed by atoms with van der Waals surface area (Å²) in [5.41, 5.74) is 0.512. The first-order chi connectivity index (χ1) is 9.45. The third-order valence-corrected chi connectivity index (χ3v) is 2.91. The molecule has 0 bridgehead atoms. The number of carbonyl (C=O) groups excluding carboxylic acids is 1. The standard InChI is InChI=1S/C15H16O5/c1-2-12(14(17)18)13(15(19)20)9-11(16)8-10-6-4-3-5-7-10/h2-7,13H,8-9H2,1H3,(H,17,18)(H,19,20). The molecular formula is C15H16O5. The molecule has 0 saturated heterocycles. The molecule has 1 aromatic carbocycles.